The van der Waals surface area contributed by atoms with Crippen molar-refractivity contribution < 1.29 is 42.8 Å². The average Bonchev–Trinajstić information content (AvgIpc) is 3.78. The maximum Gasteiger partial charge on any atom is 0.414 e. The summed E-state index contributed by atoms with van der Waals surface area (Å²) in [6.45, 7) is 8.96. The Balaban J connectivity index is 1.10. The molecule has 5 heterocycles. The zero-order chi connectivity index (χ0) is 41.7. The number of aryl methyl sites for hydroxylation is 1. The van der Waals surface area contributed by atoms with Gasteiger partial charge in [-0.3, -0.25) is 19.8 Å². The molecule has 18 nitrogen and oxygen atoms in total. The summed E-state index contributed by atoms with van der Waals surface area (Å²) < 4.78 is 24.6. The molecule has 0 spiro atoms. The Labute approximate surface area is 348 Å². The maximum absolute atomic E-state index is 14.1. The number of hydrogen-bond acceptors (Lipinski definition) is 15. The largest absolute Gasteiger partial charge is 0.497 e. The second-order valence-corrected chi connectivity index (χ2v) is 16.9. The second-order valence-electron chi connectivity index (χ2n) is 15.0. The Morgan fingerprint density at radius 1 is 1.12 bits per heavy atom. The predicted octanol–water partition coefficient (Wildman–Crippen LogP) is 3.51. The molecule has 2 aliphatic heterocycles. The van der Waals surface area contributed by atoms with Crippen LogP contribution < -0.4 is 25.3 Å². The van der Waals surface area contributed by atoms with Gasteiger partial charge in [0.2, 0.25) is 23.0 Å². The van der Waals surface area contributed by atoms with E-state index >= 15 is 0 Å². The topological polar surface area (TPSA) is 204 Å². The van der Waals surface area contributed by atoms with Crippen molar-refractivity contribution in [2.24, 2.45) is 5.16 Å². The minimum absolute atomic E-state index is 0.0367. The van der Waals surface area contributed by atoms with Gasteiger partial charge in [-0.25, -0.2) is 14.2 Å². The molecule has 0 bridgehead atoms. The number of nitrogens with zero attached hydrogens (tertiary/aromatic N) is 7. The number of fused-ring (bicyclic) bond motifs is 2. The van der Waals surface area contributed by atoms with E-state index in [1.165, 1.54) is 29.5 Å². The zero-order valence-electron chi connectivity index (χ0n) is 33.4. The van der Waals surface area contributed by atoms with Gasteiger partial charge >= 0.3 is 17.7 Å². The number of ether oxygens (including phenoxy) is 3. The van der Waals surface area contributed by atoms with Crippen LogP contribution in [0.4, 0.5) is 9.93 Å². The predicted molar refractivity (Wildman–Crippen MR) is 218 cm³/mol. The highest BCUT2D eigenvalue weighted by atomic mass is 32.2. The number of rotatable bonds is 17. The number of imidazole rings is 1. The fraction of sp³-hybridized carbons (Fsp3) is 0.462. The minimum Gasteiger partial charge on any atom is -0.497 e. The van der Waals surface area contributed by atoms with E-state index in [-0.39, 0.29) is 42.1 Å². The van der Waals surface area contributed by atoms with Crippen LogP contribution in [0.25, 0.3) is 11.2 Å². The molecule has 7 rings (SSSR count). The second kappa shape index (κ2) is 18.1. The number of pyridine rings is 1. The molecule has 3 aliphatic rings. The monoisotopic (exact) mass is 847 g/mol. The Morgan fingerprint density at radius 3 is 2.64 bits per heavy atom. The number of oxime groups is 1. The lowest BCUT2D eigenvalue weighted by Gasteiger charge is -2.49. The van der Waals surface area contributed by atoms with Crippen molar-refractivity contribution in [3.63, 3.8) is 0 Å². The molecule has 0 radical (unpaired) electrons. The first kappa shape index (κ1) is 41.6. The zero-order valence-corrected chi connectivity index (χ0v) is 35.1. The molecule has 4 aromatic rings. The van der Waals surface area contributed by atoms with Crippen molar-refractivity contribution in [1.29, 1.82) is 0 Å². The summed E-state index contributed by atoms with van der Waals surface area (Å²) in [6.07, 6.45) is 6.43. The summed E-state index contributed by atoms with van der Waals surface area (Å²) in [7, 11) is 1.57. The van der Waals surface area contributed by atoms with Gasteiger partial charge in [-0.1, -0.05) is 17.3 Å². The first-order valence-electron chi connectivity index (χ1n) is 19.3. The van der Waals surface area contributed by atoms with Gasteiger partial charge in [-0.05, 0) is 88.3 Å². The van der Waals surface area contributed by atoms with E-state index in [0.717, 1.165) is 47.8 Å². The van der Waals surface area contributed by atoms with Gasteiger partial charge in [0.05, 0.1) is 13.3 Å². The first-order chi connectivity index (χ1) is 28.4. The van der Waals surface area contributed by atoms with E-state index in [1.807, 2.05) is 29.2 Å². The SMILES string of the molecule is CCO/N=C(\C(=O)NC1C(=O)N2C(C(=O)OCc3ccc(OC)cc3)=C(C[n+]3cccc4c3ncn4CCCNC3CC3)CSC12)c1nsc(NC(=O)OC(C)(C)C)n1. The number of nitrogens with one attached hydrogen (secondary N) is 3. The van der Waals surface area contributed by atoms with Crippen LogP contribution >= 0.6 is 23.3 Å². The number of β-lactam (4-membered cyclic amide) rings is 1. The van der Waals surface area contributed by atoms with Crippen LogP contribution in [0.15, 0.2) is 65.3 Å². The van der Waals surface area contributed by atoms with Gasteiger partial charge in [-0.15, -0.1) is 11.8 Å². The third-order valence-corrected chi connectivity index (χ3v) is 11.4. The fourth-order valence-corrected chi connectivity index (χ4v) is 8.34. The van der Waals surface area contributed by atoms with Crippen molar-refractivity contribution in [3.05, 3.63) is 71.6 Å². The lowest BCUT2D eigenvalue weighted by molar-refractivity contribution is -0.664. The first-order valence-corrected chi connectivity index (χ1v) is 21.1. The van der Waals surface area contributed by atoms with Crippen LogP contribution in [0, 0.1) is 0 Å². The number of esters is 1. The molecular weight excluding hydrogens is 801 g/mol. The summed E-state index contributed by atoms with van der Waals surface area (Å²) in [5, 5.41) is 12.2. The molecule has 1 saturated carbocycles. The van der Waals surface area contributed by atoms with Gasteiger partial charge in [0, 0.05) is 35.4 Å². The Hall–Kier alpha value is -5.60. The number of hydrogen-bond donors (Lipinski definition) is 3. The number of carbonyl (C=O) groups is 4. The number of amides is 3. The number of thioether (sulfide) groups is 1. The molecule has 3 amide bonds. The van der Waals surface area contributed by atoms with E-state index in [2.05, 4.69) is 35.0 Å². The van der Waals surface area contributed by atoms with Crippen LogP contribution in [-0.4, -0.2) is 102 Å². The Bertz CT molecular complexity index is 2260. The van der Waals surface area contributed by atoms with Gasteiger partial charge in [0.25, 0.3) is 11.8 Å². The van der Waals surface area contributed by atoms with E-state index in [0.29, 0.717) is 23.1 Å². The van der Waals surface area contributed by atoms with Crippen LogP contribution in [0.1, 0.15) is 58.3 Å². The third-order valence-electron chi connectivity index (χ3n) is 9.40. The van der Waals surface area contributed by atoms with E-state index < -0.39 is 40.9 Å². The highest BCUT2D eigenvalue weighted by Crippen LogP contribution is 2.41. The van der Waals surface area contributed by atoms with Crippen LogP contribution in [0.2, 0.25) is 0 Å². The minimum atomic E-state index is -1.02. The smallest absolute Gasteiger partial charge is 0.414 e. The summed E-state index contributed by atoms with van der Waals surface area (Å²) in [5.41, 5.74) is 2.18. The van der Waals surface area contributed by atoms with Gasteiger partial charge in [-0.2, -0.15) is 9.36 Å². The molecule has 2 atom stereocenters. The van der Waals surface area contributed by atoms with Crippen molar-refractivity contribution in [2.45, 2.75) is 89.7 Å². The summed E-state index contributed by atoms with van der Waals surface area (Å²) in [5.74, 6) is -1.06. The molecule has 2 unspecified atom stereocenters. The molecule has 20 heteroatoms. The molecule has 1 saturated heterocycles. The van der Waals surface area contributed by atoms with Crippen LogP contribution in [-0.2, 0) is 48.4 Å². The highest BCUT2D eigenvalue weighted by molar-refractivity contribution is 8.00. The number of carbonyl (C=O) groups excluding carboxylic acids is 4. The molecule has 1 aliphatic carbocycles. The van der Waals surface area contributed by atoms with Gasteiger partial charge in [0.15, 0.2) is 0 Å². The maximum atomic E-state index is 14.1. The quantitative estimate of drug-likeness (QED) is 0.0348. The Morgan fingerprint density at radius 2 is 1.92 bits per heavy atom. The Kier molecular flexibility index (Phi) is 12.8. The van der Waals surface area contributed by atoms with E-state index in [4.69, 9.17) is 24.0 Å². The number of aromatic nitrogens is 5. The van der Waals surface area contributed by atoms with Crippen molar-refractivity contribution >= 4 is 69.2 Å². The van der Waals surface area contributed by atoms with Crippen molar-refractivity contribution in [2.75, 3.05) is 31.3 Å². The standard InChI is InChI=1S/C39H46N10O8S2/c1-6-56-45-28(31-43-37(59-46-31)44-38(53)57-39(2,3)4)33(50)42-29-34(51)49-30(36(52)55-20-23-10-14-26(54-5)15-11-23)24(21-58-35(29)49)19-47-17-7-9-27-32(47)41-22-48(27)18-8-16-40-25-12-13-25/h7,9-11,14-15,17,22,25,29,35,40H,6,8,12-13,16,18-21H2,1-5H3,(H-,42,43,44,46,50,53)/p+1/b45-28-. The van der Waals surface area contributed by atoms with Gasteiger partial charge < -0.3 is 34.2 Å². The van der Waals surface area contributed by atoms with Crippen molar-refractivity contribution in [3.8, 4) is 5.75 Å². The average molecular weight is 848 g/mol. The summed E-state index contributed by atoms with van der Waals surface area (Å²) in [6, 6.07) is 10.7. The number of benzene rings is 1. The molecule has 3 aromatic heterocycles. The molecule has 312 valence electrons. The summed E-state index contributed by atoms with van der Waals surface area (Å²) in [4.78, 5) is 69.7. The van der Waals surface area contributed by atoms with Crippen LogP contribution in [0.3, 0.4) is 0 Å². The fourth-order valence-electron chi connectivity index (χ4n) is 6.45. The highest BCUT2D eigenvalue weighted by Gasteiger charge is 2.55. The molecule has 59 heavy (non-hydrogen) atoms. The molecule has 1 aromatic carbocycles. The summed E-state index contributed by atoms with van der Waals surface area (Å²) >= 11 is 2.23. The lowest BCUT2D eigenvalue weighted by atomic mass is 10.0. The molecule has 2 fully saturated rings. The molecule has 3 N–H and O–H groups in total. The normalized spacial score (nSPS) is 17.9. The molecular formula is C39H47N10O8S2+. The van der Waals surface area contributed by atoms with Crippen molar-refractivity contribution in [1.82, 2.24) is 34.4 Å². The third kappa shape index (κ3) is 9.99. The van der Waals surface area contributed by atoms with E-state index in [9.17, 15) is 19.2 Å². The number of methoxy groups -OCH3 is 1. The van der Waals surface area contributed by atoms with E-state index in [1.54, 1.807) is 59.1 Å². The van der Waals surface area contributed by atoms with Gasteiger partial charge in [0.1, 0.15) is 53.7 Å². The van der Waals surface area contributed by atoms with Crippen LogP contribution in [0.5, 0.6) is 5.75 Å². The lowest BCUT2D eigenvalue weighted by Crippen LogP contribution is -2.71. The number of anilines is 1.